The van der Waals surface area contributed by atoms with Gasteiger partial charge in [-0.05, 0) is 44.1 Å². The van der Waals surface area contributed by atoms with Gasteiger partial charge in [-0.1, -0.05) is 0 Å². The largest absolute Gasteiger partial charge is 0.486 e. The fraction of sp³-hybridized carbons (Fsp3) is 0.600. The van der Waals surface area contributed by atoms with Crippen LogP contribution >= 0.6 is 0 Å². The van der Waals surface area contributed by atoms with Gasteiger partial charge in [-0.25, -0.2) is 8.42 Å². The van der Waals surface area contributed by atoms with E-state index in [0.717, 1.165) is 25.9 Å². The Bertz CT molecular complexity index is 894. The molecule has 0 radical (unpaired) electrons. The Morgan fingerprint density at radius 3 is 2.52 bits per heavy atom. The first-order chi connectivity index (χ1) is 13.9. The first-order valence-corrected chi connectivity index (χ1v) is 11.9. The molecule has 1 aromatic rings. The summed E-state index contributed by atoms with van der Waals surface area (Å²) in [4.78, 5) is 27.0. The van der Waals surface area contributed by atoms with Crippen molar-refractivity contribution >= 4 is 21.5 Å². The molecule has 2 atom stereocenters. The summed E-state index contributed by atoms with van der Waals surface area (Å²) < 4.78 is 35.1. The number of sulfone groups is 1. The summed E-state index contributed by atoms with van der Waals surface area (Å²) in [6, 6.07) is 4.43. The van der Waals surface area contributed by atoms with E-state index in [1.54, 1.807) is 18.2 Å². The van der Waals surface area contributed by atoms with Crippen molar-refractivity contribution in [3.05, 3.63) is 23.8 Å². The summed E-state index contributed by atoms with van der Waals surface area (Å²) in [5.74, 6) is 0.760. The normalized spacial score (nSPS) is 25.7. The second-order valence-electron chi connectivity index (χ2n) is 7.84. The molecule has 0 aliphatic carbocycles. The second kappa shape index (κ2) is 8.31. The average molecular weight is 423 g/mol. The molecular weight excluding hydrogens is 396 g/mol. The van der Waals surface area contributed by atoms with E-state index in [9.17, 15) is 18.0 Å². The van der Waals surface area contributed by atoms with Gasteiger partial charge < -0.3 is 14.8 Å². The number of fused-ring (bicyclic) bond motifs is 1. The van der Waals surface area contributed by atoms with Crippen LogP contribution in [0.3, 0.4) is 0 Å². The van der Waals surface area contributed by atoms with E-state index in [0.29, 0.717) is 30.3 Å². The molecule has 0 aromatic heterocycles. The average Bonchev–Trinajstić information content (AvgIpc) is 3.33. The quantitative estimate of drug-likeness (QED) is 0.677. The van der Waals surface area contributed by atoms with Crippen LogP contribution in [0.15, 0.2) is 18.2 Å². The molecule has 0 saturated carbocycles. The van der Waals surface area contributed by atoms with Crippen molar-refractivity contribution in [1.29, 1.82) is 0 Å². The molecule has 158 valence electrons. The minimum atomic E-state index is -3.16. The first kappa shape index (κ1) is 20.2. The van der Waals surface area contributed by atoms with Gasteiger partial charge in [-0.2, -0.15) is 0 Å². The third-order valence-electron chi connectivity index (χ3n) is 5.72. The van der Waals surface area contributed by atoms with Gasteiger partial charge >= 0.3 is 0 Å². The molecule has 1 aromatic carbocycles. The minimum Gasteiger partial charge on any atom is -0.486 e. The van der Waals surface area contributed by atoms with E-state index in [1.807, 2.05) is 0 Å². The Morgan fingerprint density at radius 1 is 1.03 bits per heavy atom. The van der Waals surface area contributed by atoms with Crippen LogP contribution in [0.5, 0.6) is 11.5 Å². The number of benzene rings is 1. The Hall–Kier alpha value is -2.13. The first-order valence-electron chi connectivity index (χ1n) is 10.1. The lowest BCUT2D eigenvalue weighted by Gasteiger charge is -2.28. The Balaban J connectivity index is 1.32. The maximum Gasteiger partial charge on any atom is 0.220 e. The summed E-state index contributed by atoms with van der Waals surface area (Å²) in [5.41, 5.74) is 0.473. The van der Waals surface area contributed by atoms with Crippen molar-refractivity contribution in [3.8, 4) is 11.5 Å². The zero-order valence-corrected chi connectivity index (χ0v) is 17.1. The lowest BCUT2D eigenvalue weighted by Crippen LogP contribution is -2.50. The Kier molecular flexibility index (Phi) is 5.78. The SMILES string of the molecule is O=C(CCC(=O)c1ccc2c(c1)OCCO2)NC1CS(=O)(=O)CC1N1CCCC1. The standard InChI is InChI=1S/C20H26N2O6S/c23-17(14-3-5-18-19(11-14)28-10-9-27-18)4-6-20(24)21-15-12-29(25,26)13-16(15)22-7-1-2-8-22/h3,5,11,15-16H,1-2,4,6-10,12-13H2,(H,21,24). The second-order valence-corrected chi connectivity index (χ2v) is 10.00. The highest BCUT2D eigenvalue weighted by molar-refractivity contribution is 7.91. The molecule has 1 N–H and O–H groups in total. The predicted octanol–water partition coefficient (Wildman–Crippen LogP) is 0.798. The molecule has 3 heterocycles. The number of nitrogens with one attached hydrogen (secondary N) is 1. The van der Waals surface area contributed by atoms with Crippen LogP contribution in [0.4, 0.5) is 0 Å². The molecule has 0 spiro atoms. The number of likely N-dealkylation sites (tertiary alicyclic amines) is 1. The summed E-state index contributed by atoms with van der Waals surface area (Å²) in [5, 5.41) is 2.86. The van der Waals surface area contributed by atoms with Gasteiger partial charge in [0, 0.05) is 24.4 Å². The molecular formula is C20H26N2O6S. The fourth-order valence-electron chi connectivity index (χ4n) is 4.27. The molecule has 3 aliphatic heterocycles. The molecule has 4 rings (SSSR count). The zero-order valence-electron chi connectivity index (χ0n) is 16.3. The van der Waals surface area contributed by atoms with Gasteiger partial charge in [0.2, 0.25) is 5.91 Å². The highest BCUT2D eigenvalue weighted by Crippen LogP contribution is 2.31. The summed E-state index contributed by atoms with van der Waals surface area (Å²) in [6.45, 7) is 2.66. The lowest BCUT2D eigenvalue weighted by atomic mass is 10.0. The molecule has 8 nitrogen and oxygen atoms in total. The third kappa shape index (κ3) is 4.72. The number of carbonyl (C=O) groups excluding carboxylic acids is 2. The maximum absolute atomic E-state index is 12.5. The van der Waals surface area contributed by atoms with Gasteiger partial charge in [0.25, 0.3) is 0 Å². The minimum absolute atomic E-state index is 0.0243. The van der Waals surface area contributed by atoms with Crippen LogP contribution in [-0.4, -0.2) is 74.9 Å². The third-order valence-corrected chi connectivity index (χ3v) is 7.44. The van der Waals surface area contributed by atoms with E-state index in [1.165, 1.54) is 0 Å². The van der Waals surface area contributed by atoms with Gasteiger partial charge in [-0.15, -0.1) is 0 Å². The molecule has 9 heteroatoms. The monoisotopic (exact) mass is 422 g/mol. The predicted molar refractivity (Wildman–Crippen MR) is 106 cm³/mol. The van der Waals surface area contributed by atoms with Gasteiger partial charge in [-0.3, -0.25) is 14.5 Å². The number of ether oxygens (including phenoxy) is 2. The van der Waals surface area contributed by atoms with Crippen LogP contribution in [0.1, 0.15) is 36.0 Å². The fourth-order valence-corrected chi connectivity index (χ4v) is 6.22. The van der Waals surface area contributed by atoms with Gasteiger partial charge in [0.05, 0.1) is 17.5 Å². The summed E-state index contributed by atoms with van der Waals surface area (Å²) in [7, 11) is -3.16. The van der Waals surface area contributed by atoms with E-state index in [-0.39, 0.29) is 42.1 Å². The number of rotatable bonds is 6. The number of carbonyl (C=O) groups is 2. The number of ketones is 1. The van der Waals surface area contributed by atoms with Crippen LogP contribution in [0.2, 0.25) is 0 Å². The van der Waals surface area contributed by atoms with Crippen LogP contribution in [-0.2, 0) is 14.6 Å². The van der Waals surface area contributed by atoms with Crippen molar-refractivity contribution in [1.82, 2.24) is 10.2 Å². The smallest absolute Gasteiger partial charge is 0.220 e. The number of hydrogen-bond donors (Lipinski definition) is 1. The van der Waals surface area contributed by atoms with Crippen LogP contribution in [0, 0.1) is 0 Å². The van der Waals surface area contributed by atoms with E-state index in [2.05, 4.69) is 10.2 Å². The summed E-state index contributed by atoms with van der Waals surface area (Å²) >= 11 is 0. The molecule has 3 aliphatic rings. The van der Waals surface area contributed by atoms with Crippen molar-refractivity contribution in [2.24, 2.45) is 0 Å². The molecule has 1 amide bonds. The number of Topliss-reactive ketones (excluding diaryl/α,β-unsaturated/α-hetero) is 1. The summed E-state index contributed by atoms with van der Waals surface area (Å²) in [6.07, 6.45) is 2.19. The number of nitrogens with zero attached hydrogens (tertiary/aromatic N) is 1. The van der Waals surface area contributed by atoms with E-state index >= 15 is 0 Å². The lowest BCUT2D eigenvalue weighted by molar-refractivity contribution is -0.121. The molecule has 2 fully saturated rings. The molecule has 2 unspecified atom stereocenters. The molecule has 2 saturated heterocycles. The molecule has 29 heavy (non-hydrogen) atoms. The van der Waals surface area contributed by atoms with Crippen molar-refractivity contribution in [2.75, 3.05) is 37.8 Å². The zero-order chi connectivity index (χ0) is 20.4. The van der Waals surface area contributed by atoms with E-state index in [4.69, 9.17) is 9.47 Å². The molecule has 0 bridgehead atoms. The van der Waals surface area contributed by atoms with Crippen LogP contribution in [0.25, 0.3) is 0 Å². The van der Waals surface area contributed by atoms with Crippen molar-refractivity contribution < 1.29 is 27.5 Å². The van der Waals surface area contributed by atoms with Gasteiger partial charge in [0.1, 0.15) is 13.2 Å². The Labute approximate surface area is 170 Å². The highest BCUT2D eigenvalue weighted by Gasteiger charge is 2.42. The Morgan fingerprint density at radius 2 is 1.76 bits per heavy atom. The topological polar surface area (TPSA) is 102 Å². The van der Waals surface area contributed by atoms with Crippen LogP contribution < -0.4 is 14.8 Å². The maximum atomic E-state index is 12.5. The van der Waals surface area contributed by atoms with Crippen molar-refractivity contribution in [3.63, 3.8) is 0 Å². The number of hydrogen-bond acceptors (Lipinski definition) is 7. The van der Waals surface area contributed by atoms with Gasteiger partial charge in [0.15, 0.2) is 27.1 Å². The van der Waals surface area contributed by atoms with E-state index < -0.39 is 15.9 Å². The highest BCUT2D eigenvalue weighted by atomic mass is 32.2. The number of amides is 1. The van der Waals surface area contributed by atoms with Crippen molar-refractivity contribution in [2.45, 2.75) is 37.8 Å².